The number of likely N-dealkylation sites (N-methyl/N-ethyl adjacent to an activating group) is 1. The molecule has 1 unspecified atom stereocenters. The summed E-state index contributed by atoms with van der Waals surface area (Å²) in [5.74, 6) is 1.43. The first-order valence-electron chi connectivity index (χ1n) is 7.58. The fraction of sp³-hybridized carbons (Fsp3) is 0.353. The highest BCUT2D eigenvalue weighted by Crippen LogP contribution is 2.37. The van der Waals surface area contributed by atoms with Gasteiger partial charge in [0, 0.05) is 11.9 Å². The summed E-state index contributed by atoms with van der Waals surface area (Å²) in [4.78, 5) is 15.3. The predicted molar refractivity (Wildman–Crippen MR) is 91.4 cm³/mol. The molecule has 0 fully saturated rings. The molecule has 2 heterocycles. The van der Waals surface area contributed by atoms with Gasteiger partial charge in [-0.15, -0.1) is 11.3 Å². The van der Waals surface area contributed by atoms with Gasteiger partial charge in [0.15, 0.2) is 11.5 Å². The van der Waals surface area contributed by atoms with Crippen molar-refractivity contribution in [2.24, 2.45) is 0 Å². The van der Waals surface area contributed by atoms with E-state index in [0.29, 0.717) is 24.7 Å². The van der Waals surface area contributed by atoms with E-state index >= 15 is 0 Å². The Balaban J connectivity index is 1.63. The molecule has 0 aliphatic carbocycles. The Morgan fingerprint density at radius 3 is 2.91 bits per heavy atom. The van der Waals surface area contributed by atoms with Crippen molar-refractivity contribution in [3.63, 3.8) is 0 Å². The third kappa shape index (κ3) is 3.42. The molecule has 6 heteroatoms. The Morgan fingerprint density at radius 1 is 1.30 bits per heavy atom. The van der Waals surface area contributed by atoms with Crippen molar-refractivity contribution < 1.29 is 14.3 Å². The van der Waals surface area contributed by atoms with E-state index in [4.69, 9.17) is 9.47 Å². The molecule has 0 saturated heterocycles. The normalized spacial score (nSPS) is 14.2. The number of thiophene rings is 1. The highest BCUT2D eigenvalue weighted by atomic mass is 32.1. The van der Waals surface area contributed by atoms with Crippen LogP contribution in [0.4, 0.5) is 5.69 Å². The summed E-state index contributed by atoms with van der Waals surface area (Å²) in [6.45, 7) is 3.32. The summed E-state index contributed by atoms with van der Waals surface area (Å²) >= 11 is 1.66. The fourth-order valence-corrected chi connectivity index (χ4v) is 3.27. The number of rotatable bonds is 5. The van der Waals surface area contributed by atoms with Crippen molar-refractivity contribution in [1.82, 2.24) is 4.90 Å². The smallest absolute Gasteiger partial charge is 0.242 e. The van der Waals surface area contributed by atoms with Gasteiger partial charge in [0.25, 0.3) is 0 Å². The Kier molecular flexibility index (Phi) is 4.71. The number of anilines is 1. The second-order valence-corrected chi connectivity index (χ2v) is 6.36. The first-order valence-corrected chi connectivity index (χ1v) is 8.46. The van der Waals surface area contributed by atoms with Gasteiger partial charge in [-0.3, -0.25) is 4.79 Å². The number of hydrogen-bond acceptors (Lipinski definition) is 5. The van der Waals surface area contributed by atoms with E-state index in [1.54, 1.807) is 16.2 Å². The summed E-state index contributed by atoms with van der Waals surface area (Å²) in [5, 5.41) is 5.18. The predicted octanol–water partition coefficient (Wildman–Crippen LogP) is 3.15. The van der Waals surface area contributed by atoms with E-state index < -0.39 is 0 Å². The maximum absolute atomic E-state index is 12.4. The highest BCUT2D eigenvalue weighted by molar-refractivity contribution is 7.10. The summed E-state index contributed by atoms with van der Waals surface area (Å²) in [6.07, 6.45) is 0. The zero-order chi connectivity index (χ0) is 16.2. The van der Waals surface area contributed by atoms with Crippen LogP contribution in [0.2, 0.25) is 0 Å². The van der Waals surface area contributed by atoms with Crippen LogP contribution in [0.3, 0.4) is 0 Å². The van der Waals surface area contributed by atoms with Crippen LogP contribution in [0.1, 0.15) is 17.8 Å². The van der Waals surface area contributed by atoms with E-state index in [1.807, 2.05) is 49.7 Å². The minimum atomic E-state index is 0.0280. The van der Waals surface area contributed by atoms with Crippen molar-refractivity contribution in [2.75, 3.05) is 32.1 Å². The number of para-hydroxylation sites is 1. The second-order valence-electron chi connectivity index (χ2n) is 5.38. The van der Waals surface area contributed by atoms with Gasteiger partial charge in [0.05, 0.1) is 18.3 Å². The van der Waals surface area contributed by atoms with E-state index in [2.05, 4.69) is 5.32 Å². The van der Waals surface area contributed by atoms with E-state index in [1.165, 1.54) is 4.88 Å². The molecule has 1 aromatic heterocycles. The standard InChI is InChI=1S/C17H20N2O3S/c1-12(15-7-4-10-23-15)19(2)16(20)11-18-13-5-3-6-14-17(13)22-9-8-21-14/h3-7,10,12,18H,8-9,11H2,1-2H3. The van der Waals surface area contributed by atoms with Crippen LogP contribution in [-0.4, -0.2) is 37.6 Å². The zero-order valence-electron chi connectivity index (χ0n) is 13.2. The van der Waals surface area contributed by atoms with Crippen molar-refractivity contribution in [3.05, 3.63) is 40.6 Å². The van der Waals surface area contributed by atoms with Crippen LogP contribution >= 0.6 is 11.3 Å². The lowest BCUT2D eigenvalue weighted by molar-refractivity contribution is -0.129. The number of fused-ring (bicyclic) bond motifs is 1. The molecule has 3 rings (SSSR count). The van der Waals surface area contributed by atoms with Gasteiger partial charge in [-0.05, 0) is 30.5 Å². The van der Waals surface area contributed by atoms with Gasteiger partial charge in [-0.1, -0.05) is 12.1 Å². The molecule has 1 aromatic carbocycles. The molecule has 2 aromatic rings. The molecule has 1 aliphatic rings. The average Bonchev–Trinajstić information content (AvgIpc) is 3.12. The van der Waals surface area contributed by atoms with Crippen molar-refractivity contribution in [1.29, 1.82) is 0 Å². The first kappa shape index (κ1) is 15.7. The van der Waals surface area contributed by atoms with E-state index in [9.17, 15) is 4.79 Å². The Morgan fingerprint density at radius 2 is 2.13 bits per heavy atom. The third-order valence-electron chi connectivity index (χ3n) is 3.93. The molecule has 1 aliphatic heterocycles. The van der Waals surface area contributed by atoms with E-state index in [0.717, 1.165) is 5.69 Å². The number of hydrogen-bond donors (Lipinski definition) is 1. The summed E-state index contributed by atoms with van der Waals surface area (Å²) in [6, 6.07) is 9.76. The number of nitrogens with one attached hydrogen (secondary N) is 1. The maximum atomic E-state index is 12.4. The molecular weight excluding hydrogens is 312 g/mol. The minimum Gasteiger partial charge on any atom is -0.486 e. The van der Waals surface area contributed by atoms with Gasteiger partial charge >= 0.3 is 0 Å². The summed E-state index contributed by atoms with van der Waals surface area (Å²) in [5.41, 5.74) is 0.785. The Labute approximate surface area is 139 Å². The van der Waals surface area contributed by atoms with Gasteiger partial charge < -0.3 is 19.7 Å². The van der Waals surface area contributed by atoms with Crippen LogP contribution in [0.25, 0.3) is 0 Å². The van der Waals surface area contributed by atoms with Crippen molar-refractivity contribution in [3.8, 4) is 11.5 Å². The molecule has 1 atom stereocenters. The average molecular weight is 332 g/mol. The molecule has 1 N–H and O–H groups in total. The van der Waals surface area contributed by atoms with Crippen LogP contribution < -0.4 is 14.8 Å². The minimum absolute atomic E-state index is 0.0280. The van der Waals surface area contributed by atoms with Gasteiger partial charge in [0.1, 0.15) is 13.2 Å². The topological polar surface area (TPSA) is 50.8 Å². The molecule has 23 heavy (non-hydrogen) atoms. The number of nitrogens with zero attached hydrogens (tertiary/aromatic N) is 1. The number of benzene rings is 1. The lowest BCUT2D eigenvalue weighted by Gasteiger charge is -2.25. The van der Waals surface area contributed by atoms with Gasteiger partial charge in [-0.25, -0.2) is 0 Å². The number of ether oxygens (including phenoxy) is 2. The highest BCUT2D eigenvalue weighted by Gasteiger charge is 2.20. The molecule has 0 bridgehead atoms. The SMILES string of the molecule is CC(c1cccs1)N(C)C(=O)CNc1cccc2c1OCCO2. The number of amides is 1. The molecule has 122 valence electrons. The molecular formula is C17H20N2O3S. The first-order chi connectivity index (χ1) is 11.2. The van der Waals surface area contributed by atoms with Gasteiger partial charge in [-0.2, -0.15) is 0 Å². The lowest BCUT2D eigenvalue weighted by atomic mass is 10.2. The Bertz CT molecular complexity index is 672. The fourth-order valence-electron chi connectivity index (χ4n) is 2.44. The Hall–Kier alpha value is -2.21. The van der Waals surface area contributed by atoms with Crippen LogP contribution in [0, 0.1) is 0 Å². The van der Waals surface area contributed by atoms with Crippen molar-refractivity contribution in [2.45, 2.75) is 13.0 Å². The van der Waals surface area contributed by atoms with Gasteiger partial charge in [0.2, 0.25) is 5.91 Å². The second kappa shape index (κ2) is 6.91. The quantitative estimate of drug-likeness (QED) is 0.914. The van der Waals surface area contributed by atoms with Crippen molar-refractivity contribution >= 4 is 22.9 Å². The molecule has 0 radical (unpaired) electrons. The number of carbonyl (C=O) groups is 1. The zero-order valence-corrected chi connectivity index (χ0v) is 14.1. The van der Waals surface area contributed by atoms with Crippen LogP contribution in [-0.2, 0) is 4.79 Å². The summed E-state index contributed by atoms with van der Waals surface area (Å²) in [7, 11) is 1.83. The molecule has 5 nitrogen and oxygen atoms in total. The monoisotopic (exact) mass is 332 g/mol. The molecule has 0 spiro atoms. The lowest BCUT2D eigenvalue weighted by Crippen LogP contribution is -2.34. The largest absolute Gasteiger partial charge is 0.486 e. The third-order valence-corrected chi connectivity index (χ3v) is 4.97. The van der Waals surface area contributed by atoms with E-state index in [-0.39, 0.29) is 18.5 Å². The van der Waals surface area contributed by atoms with Crippen LogP contribution in [0.15, 0.2) is 35.7 Å². The maximum Gasteiger partial charge on any atom is 0.242 e. The molecule has 0 saturated carbocycles. The van der Waals surface area contributed by atoms with Crippen LogP contribution in [0.5, 0.6) is 11.5 Å². The summed E-state index contributed by atoms with van der Waals surface area (Å²) < 4.78 is 11.2. The molecule has 1 amide bonds. The number of carbonyl (C=O) groups excluding carboxylic acids is 1.